The van der Waals surface area contributed by atoms with Gasteiger partial charge < -0.3 is 15.2 Å². The molecule has 0 saturated carbocycles. The number of carbonyl (C=O) groups is 2. The van der Waals surface area contributed by atoms with Crippen LogP contribution in [0.4, 0.5) is 0 Å². The molecule has 2 N–H and O–H groups in total. The Morgan fingerprint density at radius 3 is 2.40 bits per heavy atom. The molecule has 0 aliphatic heterocycles. The summed E-state index contributed by atoms with van der Waals surface area (Å²) < 4.78 is 5.91. The van der Waals surface area contributed by atoms with Gasteiger partial charge in [0.1, 0.15) is 12.4 Å². The number of benzene rings is 2. The number of aliphatic hydroxyl groups is 1. The number of amides is 1. The van der Waals surface area contributed by atoms with Gasteiger partial charge in [-0.05, 0) is 49.1 Å². The van der Waals surface area contributed by atoms with Gasteiger partial charge in [-0.15, -0.1) is 0 Å². The van der Waals surface area contributed by atoms with Gasteiger partial charge in [0.25, 0.3) is 11.7 Å². The van der Waals surface area contributed by atoms with Gasteiger partial charge in [-0.2, -0.15) is 0 Å². The first-order valence-electron chi connectivity index (χ1n) is 8.07. The van der Waals surface area contributed by atoms with E-state index in [0.29, 0.717) is 16.9 Å². The molecule has 0 fully saturated rings. The SMILES string of the molecule is CNC(=O)C(=O)c1cccc(CO)c1COc1cc(C)c(C)cc1C. The fraction of sp³-hybridized carbons (Fsp3) is 0.300. The summed E-state index contributed by atoms with van der Waals surface area (Å²) in [6.07, 6.45) is 0. The molecule has 0 unspecified atom stereocenters. The molecule has 0 heterocycles. The fourth-order valence-electron chi connectivity index (χ4n) is 2.64. The number of likely N-dealkylation sites (N-methyl/N-ethyl adjacent to an activating group) is 1. The molecule has 1 amide bonds. The van der Waals surface area contributed by atoms with Gasteiger partial charge in [0, 0.05) is 18.2 Å². The van der Waals surface area contributed by atoms with Crippen LogP contribution in [0.2, 0.25) is 0 Å². The lowest BCUT2D eigenvalue weighted by Crippen LogP contribution is -2.28. The first kappa shape index (κ1) is 18.7. The lowest BCUT2D eigenvalue weighted by Gasteiger charge is -2.16. The van der Waals surface area contributed by atoms with E-state index >= 15 is 0 Å². The van der Waals surface area contributed by atoms with Gasteiger partial charge >= 0.3 is 0 Å². The molecule has 0 radical (unpaired) electrons. The number of rotatable bonds is 6. The Kier molecular flexibility index (Phi) is 5.93. The number of hydrogen-bond donors (Lipinski definition) is 2. The molecule has 25 heavy (non-hydrogen) atoms. The van der Waals surface area contributed by atoms with Crippen LogP contribution in [0.15, 0.2) is 30.3 Å². The van der Waals surface area contributed by atoms with Crippen LogP contribution in [0.25, 0.3) is 0 Å². The first-order valence-corrected chi connectivity index (χ1v) is 8.07. The average Bonchev–Trinajstić information content (AvgIpc) is 2.61. The Labute approximate surface area is 147 Å². The number of hydrogen-bond acceptors (Lipinski definition) is 4. The van der Waals surface area contributed by atoms with Gasteiger partial charge in [0.15, 0.2) is 0 Å². The van der Waals surface area contributed by atoms with Gasteiger partial charge in [0.2, 0.25) is 0 Å². The zero-order valence-corrected chi connectivity index (χ0v) is 15.0. The zero-order chi connectivity index (χ0) is 18.6. The first-order chi connectivity index (χ1) is 11.9. The van der Waals surface area contributed by atoms with Crippen LogP contribution in [-0.4, -0.2) is 23.8 Å². The van der Waals surface area contributed by atoms with E-state index in [1.54, 1.807) is 18.2 Å². The number of carbonyl (C=O) groups excluding carboxylic acids is 2. The highest BCUT2D eigenvalue weighted by molar-refractivity contribution is 6.43. The number of aryl methyl sites for hydroxylation is 3. The molecule has 0 saturated heterocycles. The number of Topliss-reactive ketones (excluding diaryl/α,β-unsaturated/α-hetero) is 1. The van der Waals surface area contributed by atoms with Crippen LogP contribution in [0.3, 0.4) is 0 Å². The second-order valence-corrected chi connectivity index (χ2v) is 6.00. The van der Waals surface area contributed by atoms with Crippen LogP contribution in [0.5, 0.6) is 5.75 Å². The van der Waals surface area contributed by atoms with E-state index in [0.717, 1.165) is 11.1 Å². The topological polar surface area (TPSA) is 75.6 Å². The fourth-order valence-corrected chi connectivity index (χ4v) is 2.64. The minimum absolute atomic E-state index is 0.0954. The highest BCUT2D eigenvalue weighted by Gasteiger charge is 2.20. The van der Waals surface area contributed by atoms with Crippen LogP contribution in [0.1, 0.15) is 38.2 Å². The van der Waals surface area contributed by atoms with Crippen molar-refractivity contribution in [2.24, 2.45) is 0 Å². The largest absolute Gasteiger partial charge is 0.489 e. The normalized spacial score (nSPS) is 10.4. The highest BCUT2D eigenvalue weighted by atomic mass is 16.5. The maximum atomic E-state index is 12.3. The Balaban J connectivity index is 2.37. The summed E-state index contributed by atoms with van der Waals surface area (Å²) in [4.78, 5) is 24.0. The third kappa shape index (κ3) is 4.06. The van der Waals surface area contributed by atoms with Crippen LogP contribution < -0.4 is 10.1 Å². The second kappa shape index (κ2) is 7.94. The van der Waals surface area contributed by atoms with Crippen molar-refractivity contribution in [1.82, 2.24) is 5.32 Å². The van der Waals surface area contributed by atoms with E-state index in [-0.39, 0.29) is 18.8 Å². The van der Waals surface area contributed by atoms with Gasteiger partial charge in [0.05, 0.1) is 6.61 Å². The summed E-state index contributed by atoms with van der Waals surface area (Å²) in [5.41, 5.74) is 4.61. The molecule has 0 spiro atoms. The predicted octanol–water partition coefficient (Wildman–Crippen LogP) is 2.61. The van der Waals surface area contributed by atoms with E-state index < -0.39 is 11.7 Å². The molecule has 5 heteroatoms. The summed E-state index contributed by atoms with van der Waals surface area (Å²) in [6.45, 7) is 5.85. The molecule has 2 rings (SSSR count). The van der Waals surface area contributed by atoms with Gasteiger partial charge in [-0.3, -0.25) is 9.59 Å². The van der Waals surface area contributed by atoms with Crippen LogP contribution in [-0.2, 0) is 18.0 Å². The monoisotopic (exact) mass is 341 g/mol. The number of ether oxygens (including phenoxy) is 1. The summed E-state index contributed by atoms with van der Waals surface area (Å²) in [6, 6.07) is 8.92. The van der Waals surface area contributed by atoms with Crippen molar-refractivity contribution in [1.29, 1.82) is 0 Å². The van der Waals surface area contributed by atoms with E-state index in [2.05, 4.69) is 5.32 Å². The molecule has 2 aromatic carbocycles. The molecule has 0 aromatic heterocycles. The Hall–Kier alpha value is -2.66. The summed E-state index contributed by atoms with van der Waals surface area (Å²) in [5, 5.41) is 11.9. The summed E-state index contributed by atoms with van der Waals surface area (Å²) in [7, 11) is 1.41. The minimum Gasteiger partial charge on any atom is -0.489 e. The zero-order valence-electron chi connectivity index (χ0n) is 15.0. The second-order valence-electron chi connectivity index (χ2n) is 6.00. The average molecular weight is 341 g/mol. The molecule has 132 valence electrons. The molecule has 0 bridgehead atoms. The third-order valence-corrected chi connectivity index (χ3v) is 4.28. The highest BCUT2D eigenvalue weighted by Crippen LogP contribution is 2.25. The lowest BCUT2D eigenvalue weighted by atomic mass is 9.98. The summed E-state index contributed by atoms with van der Waals surface area (Å²) >= 11 is 0. The van der Waals surface area contributed by atoms with E-state index in [4.69, 9.17) is 4.74 Å². The molecular weight excluding hydrogens is 318 g/mol. The number of nitrogens with one attached hydrogen (secondary N) is 1. The minimum atomic E-state index is -0.696. The van der Waals surface area contributed by atoms with Crippen LogP contribution >= 0.6 is 0 Å². The van der Waals surface area contributed by atoms with Crippen molar-refractivity contribution in [3.8, 4) is 5.75 Å². The van der Waals surface area contributed by atoms with Crippen molar-refractivity contribution in [3.63, 3.8) is 0 Å². The van der Waals surface area contributed by atoms with Crippen LogP contribution in [0, 0.1) is 20.8 Å². The molecular formula is C20H23NO4. The van der Waals surface area contributed by atoms with Crippen molar-refractivity contribution < 1.29 is 19.4 Å². The Bertz CT molecular complexity index is 812. The smallest absolute Gasteiger partial charge is 0.292 e. The summed E-state index contributed by atoms with van der Waals surface area (Å²) in [5.74, 6) is -0.624. The van der Waals surface area contributed by atoms with E-state index in [1.165, 1.54) is 12.6 Å². The molecule has 0 aliphatic carbocycles. The van der Waals surface area contributed by atoms with E-state index in [1.807, 2.05) is 32.9 Å². The molecule has 0 atom stereocenters. The van der Waals surface area contributed by atoms with Gasteiger partial charge in [-0.25, -0.2) is 0 Å². The Morgan fingerprint density at radius 2 is 1.76 bits per heavy atom. The standard InChI is InChI=1S/C20H23NO4/c1-12-8-14(3)18(9-13(12)2)25-11-17-15(10-22)6-5-7-16(17)19(23)20(24)21-4/h5-9,22H,10-11H2,1-4H3,(H,21,24). The maximum absolute atomic E-state index is 12.3. The van der Waals surface area contributed by atoms with Gasteiger partial charge in [-0.1, -0.05) is 24.3 Å². The predicted molar refractivity (Wildman–Crippen MR) is 95.7 cm³/mol. The quantitative estimate of drug-likeness (QED) is 0.625. The number of aliphatic hydroxyl groups excluding tert-OH is 1. The molecule has 2 aromatic rings. The maximum Gasteiger partial charge on any atom is 0.292 e. The Morgan fingerprint density at radius 1 is 1.08 bits per heavy atom. The van der Waals surface area contributed by atoms with Crippen molar-refractivity contribution in [2.75, 3.05) is 7.05 Å². The molecule has 5 nitrogen and oxygen atoms in total. The molecule has 0 aliphatic rings. The third-order valence-electron chi connectivity index (χ3n) is 4.28. The number of ketones is 1. The van der Waals surface area contributed by atoms with Crippen molar-refractivity contribution >= 4 is 11.7 Å². The lowest BCUT2D eigenvalue weighted by molar-refractivity contribution is -0.116. The van der Waals surface area contributed by atoms with Crippen molar-refractivity contribution in [2.45, 2.75) is 34.0 Å². The van der Waals surface area contributed by atoms with E-state index in [9.17, 15) is 14.7 Å². The van der Waals surface area contributed by atoms with Crippen molar-refractivity contribution in [3.05, 3.63) is 63.7 Å².